The van der Waals surface area contributed by atoms with Crippen LogP contribution in [0.4, 0.5) is 0 Å². The number of unbranched alkanes of at least 4 members (excludes halogenated alkanes) is 14. The Labute approximate surface area is 225 Å². The first kappa shape index (κ1) is 32.5. The zero-order valence-electron chi connectivity index (χ0n) is 23.5. The molecule has 206 valence electrons. The minimum absolute atomic E-state index is 0.281. The molecule has 0 spiro atoms. The van der Waals surface area contributed by atoms with Crippen LogP contribution in [0.5, 0.6) is 5.75 Å². The third-order valence-electron chi connectivity index (χ3n) is 7.26. The number of esters is 2. The van der Waals surface area contributed by atoms with Crippen LogP contribution >= 0.6 is 11.6 Å². The van der Waals surface area contributed by atoms with Crippen LogP contribution in [-0.2, 0) is 14.3 Å². The lowest BCUT2D eigenvalue weighted by Gasteiger charge is -2.27. The molecule has 4 nitrogen and oxygen atoms in total. The van der Waals surface area contributed by atoms with E-state index in [4.69, 9.17) is 21.1 Å². The molecule has 0 saturated carbocycles. The molecule has 0 unspecified atom stereocenters. The van der Waals surface area contributed by atoms with Gasteiger partial charge < -0.3 is 9.47 Å². The van der Waals surface area contributed by atoms with Gasteiger partial charge >= 0.3 is 11.9 Å². The molecular formula is C31H51ClO4. The SMILES string of the molecule is CCCCCCCCCCCCCCCCCOC(=O)C(CC)(CC)C(=O)Oc1cc(C)ccc1Cl. The lowest BCUT2D eigenvalue weighted by molar-refractivity contribution is -0.168. The second-order valence-electron chi connectivity index (χ2n) is 10.2. The van der Waals surface area contributed by atoms with Crippen molar-refractivity contribution in [3.05, 3.63) is 28.8 Å². The first-order chi connectivity index (χ1) is 17.4. The molecule has 5 heteroatoms. The van der Waals surface area contributed by atoms with Crippen molar-refractivity contribution in [3.63, 3.8) is 0 Å². The number of carbonyl (C=O) groups excluding carboxylic acids is 2. The van der Waals surface area contributed by atoms with Crippen LogP contribution in [0.3, 0.4) is 0 Å². The lowest BCUT2D eigenvalue weighted by Crippen LogP contribution is -2.42. The number of hydrogen-bond acceptors (Lipinski definition) is 4. The van der Waals surface area contributed by atoms with Gasteiger partial charge in [0.25, 0.3) is 0 Å². The van der Waals surface area contributed by atoms with Gasteiger partial charge in [0, 0.05) is 0 Å². The van der Waals surface area contributed by atoms with Gasteiger partial charge in [-0.05, 0) is 43.9 Å². The summed E-state index contributed by atoms with van der Waals surface area (Å²) in [5.74, 6) is -0.809. The lowest BCUT2D eigenvalue weighted by atomic mass is 9.82. The van der Waals surface area contributed by atoms with E-state index in [2.05, 4.69) is 6.92 Å². The number of halogens is 1. The Hall–Kier alpha value is -1.55. The van der Waals surface area contributed by atoms with Gasteiger partial charge in [-0.25, -0.2) is 0 Å². The van der Waals surface area contributed by atoms with E-state index in [1.54, 1.807) is 12.1 Å². The number of aryl methyl sites for hydroxylation is 1. The average Bonchev–Trinajstić information content (AvgIpc) is 2.87. The molecule has 1 rings (SSSR count). The number of benzene rings is 1. The zero-order chi connectivity index (χ0) is 26.7. The average molecular weight is 523 g/mol. The van der Waals surface area contributed by atoms with Crippen LogP contribution in [0.2, 0.25) is 5.02 Å². The Balaban J connectivity index is 2.20. The molecule has 0 radical (unpaired) electrons. The molecule has 0 bridgehead atoms. The predicted molar refractivity (Wildman–Crippen MR) is 151 cm³/mol. The van der Waals surface area contributed by atoms with Gasteiger partial charge in [0.2, 0.25) is 0 Å². The topological polar surface area (TPSA) is 52.6 Å². The monoisotopic (exact) mass is 522 g/mol. The number of hydrogen-bond donors (Lipinski definition) is 0. The van der Waals surface area contributed by atoms with Gasteiger partial charge in [-0.3, -0.25) is 9.59 Å². The van der Waals surface area contributed by atoms with Crippen molar-refractivity contribution in [1.29, 1.82) is 0 Å². The van der Waals surface area contributed by atoms with E-state index < -0.39 is 17.4 Å². The molecular weight excluding hydrogens is 472 g/mol. The van der Waals surface area contributed by atoms with E-state index >= 15 is 0 Å². The molecule has 0 aliphatic carbocycles. The van der Waals surface area contributed by atoms with Crippen molar-refractivity contribution < 1.29 is 19.1 Å². The Kier molecular flexibility index (Phi) is 17.6. The third-order valence-corrected chi connectivity index (χ3v) is 7.57. The molecule has 0 aromatic heterocycles. The standard InChI is InChI=1S/C31H51ClO4/c1-5-8-9-10-11-12-13-14-15-16-17-18-19-20-21-24-35-29(33)31(6-2,7-3)30(34)36-28-25-26(4)22-23-27(28)32/h22-23,25H,5-21,24H2,1-4H3. The van der Waals surface area contributed by atoms with Gasteiger partial charge in [-0.2, -0.15) is 0 Å². The summed E-state index contributed by atoms with van der Waals surface area (Å²) in [7, 11) is 0. The molecule has 0 atom stereocenters. The largest absolute Gasteiger partial charge is 0.465 e. The molecule has 0 aliphatic rings. The van der Waals surface area contributed by atoms with Crippen molar-refractivity contribution in [2.24, 2.45) is 5.41 Å². The van der Waals surface area contributed by atoms with Gasteiger partial charge in [0.15, 0.2) is 5.41 Å². The first-order valence-corrected chi connectivity index (χ1v) is 14.9. The van der Waals surface area contributed by atoms with Gasteiger partial charge in [-0.1, -0.05) is 128 Å². The van der Waals surface area contributed by atoms with Gasteiger partial charge in [0.05, 0.1) is 11.6 Å². The van der Waals surface area contributed by atoms with Crippen molar-refractivity contribution >= 4 is 23.5 Å². The van der Waals surface area contributed by atoms with E-state index in [1.807, 2.05) is 26.8 Å². The third kappa shape index (κ3) is 12.1. The molecule has 0 heterocycles. The molecule has 0 N–H and O–H groups in total. The highest BCUT2D eigenvalue weighted by Crippen LogP contribution is 2.33. The Morgan fingerprint density at radius 3 is 1.67 bits per heavy atom. The molecule has 1 aromatic carbocycles. The number of ether oxygens (including phenoxy) is 2. The second-order valence-corrected chi connectivity index (χ2v) is 10.6. The van der Waals surface area contributed by atoms with Crippen molar-refractivity contribution in [1.82, 2.24) is 0 Å². The highest BCUT2D eigenvalue weighted by atomic mass is 35.5. The molecule has 0 fully saturated rings. The normalized spacial score (nSPS) is 11.5. The summed E-state index contributed by atoms with van der Waals surface area (Å²) in [5.41, 5.74) is -0.376. The second kappa shape index (κ2) is 19.5. The smallest absolute Gasteiger partial charge is 0.328 e. The van der Waals surface area contributed by atoms with Crippen molar-refractivity contribution in [2.45, 2.75) is 137 Å². The Morgan fingerprint density at radius 1 is 0.722 bits per heavy atom. The fraction of sp³-hybridized carbons (Fsp3) is 0.742. The van der Waals surface area contributed by atoms with E-state index in [1.165, 1.54) is 77.0 Å². The van der Waals surface area contributed by atoms with E-state index in [0.717, 1.165) is 24.8 Å². The fourth-order valence-electron chi connectivity index (χ4n) is 4.57. The summed E-state index contributed by atoms with van der Waals surface area (Å²) in [6, 6.07) is 5.24. The molecule has 0 aliphatic heterocycles. The summed E-state index contributed by atoms with van der Waals surface area (Å²) >= 11 is 6.17. The quantitative estimate of drug-likeness (QED) is 0.0697. The Morgan fingerprint density at radius 2 is 1.19 bits per heavy atom. The first-order valence-electron chi connectivity index (χ1n) is 14.6. The summed E-state index contributed by atoms with van der Waals surface area (Å²) in [6.07, 6.45) is 20.0. The summed E-state index contributed by atoms with van der Waals surface area (Å²) in [5, 5.41) is 0.348. The van der Waals surface area contributed by atoms with Crippen molar-refractivity contribution in [2.75, 3.05) is 6.61 Å². The predicted octanol–water partition coefficient (Wildman–Crippen LogP) is 9.77. The van der Waals surface area contributed by atoms with E-state index in [-0.39, 0.29) is 5.75 Å². The van der Waals surface area contributed by atoms with Crippen LogP contribution in [0.25, 0.3) is 0 Å². The number of rotatable bonds is 21. The van der Waals surface area contributed by atoms with Gasteiger partial charge in [-0.15, -0.1) is 0 Å². The minimum atomic E-state index is -1.30. The Bertz CT molecular complexity index is 742. The summed E-state index contributed by atoms with van der Waals surface area (Å²) in [4.78, 5) is 25.9. The maximum atomic E-state index is 13.0. The van der Waals surface area contributed by atoms with Crippen LogP contribution in [0.15, 0.2) is 18.2 Å². The summed E-state index contributed by atoms with van der Waals surface area (Å²) < 4.78 is 11.1. The maximum Gasteiger partial charge on any atom is 0.328 e. The van der Waals surface area contributed by atoms with E-state index in [0.29, 0.717) is 24.5 Å². The van der Waals surface area contributed by atoms with E-state index in [9.17, 15) is 9.59 Å². The minimum Gasteiger partial charge on any atom is -0.465 e. The van der Waals surface area contributed by atoms with Crippen LogP contribution in [0.1, 0.15) is 135 Å². The van der Waals surface area contributed by atoms with Crippen molar-refractivity contribution in [3.8, 4) is 5.75 Å². The summed E-state index contributed by atoms with van der Waals surface area (Å²) in [6.45, 7) is 8.14. The highest BCUT2D eigenvalue weighted by molar-refractivity contribution is 6.32. The van der Waals surface area contributed by atoms with Crippen LogP contribution in [0, 0.1) is 12.3 Å². The zero-order valence-corrected chi connectivity index (χ0v) is 24.2. The van der Waals surface area contributed by atoms with Gasteiger partial charge in [0.1, 0.15) is 5.75 Å². The molecule has 1 aromatic rings. The molecule has 36 heavy (non-hydrogen) atoms. The highest BCUT2D eigenvalue weighted by Gasteiger charge is 2.46. The fourth-order valence-corrected chi connectivity index (χ4v) is 4.73. The molecule has 0 saturated heterocycles. The maximum absolute atomic E-state index is 13.0. The van der Waals surface area contributed by atoms with Crippen LogP contribution in [-0.4, -0.2) is 18.5 Å². The molecule has 0 amide bonds. The van der Waals surface area contributed by atoms with Crippen LogP contribution < -0.4 is 4.74 Å². The number of carbonyl (C=O) groups is 2.